The van der Waals surface area contributed by atoms with Crippen LogP contribution >= 0.6 is 0 Å². The van der Waals surface area contributed by atoms with Crippen molar-refractivity contribution in [3.63, 3.8) is 0 Å². The van der Waals surface area contributed by atoms with Crippen molar-refractivity contribution in [1.82, 2.24) is 25.3 Å². The molecule has 1 aromatic carbocycles. The summed E-state index contributed by atoms with van der Waals surface area (Å²) in [4.78, 5) is 0. The highest BCUT2D eigenvalue weighted by molar-refractivity contribution is 5.89. The van der Waals surface area contributed by atoms with E-state index in [2.05, 4.69) is 20.6 Å². The third-order valence-electron chi connectivity index (χ3n) is 5.32. The van der Waals surface area contributed by atoms with Crippen LogP contribution in [-0.2, 0) is 19.8 Å². The molecular weight excluding hydrogens is 415 g/mol. The van der Waals surface area contributed by atoms with Gasteiger partial charge in [-0.3, -0.25) is 9.78 Å². The lowest BCUT2D eigenvalue weighted by Gasteiger charge is -2.15. The molecular formula is C24H28F3N5. The summed E-state index contributed by atoms with van der Waals surface area (Å²) in [5, 5.41) is 14.6. The number of halogens is 3. The minimum atomic E-state index is -4.46. The first-order valence-electron chi connectivity index (χ1n) is 10.4. The first-order chi connectivity index (χ1) is 15.1. The van der Waals surface area contributed by atoms with Crippen molar-refractivity contribution < 1.29 is 13.2 Å². The van der Waals surface area contributed by atoms with Crippen LogP contribution in [0.3, 0.4) is 0 Å². The van der Waals surface area contributed by atoms with Gasteiger partial charge >= 0.3 is 6.18 Å². The largest absolute Gasteiger partial charge is 0.417 e. The van der Waals surface area contributed by atoms with Crippen LogP contribution in [0.1, 0.15) is 55.1 Å². The number of benzene rings is 1. The second kappa shape index (κ2) is 9.56. The molecule has 0 spiro atoms. The summed E-state index contributed by atoms with van der Waals surface area (Å²) in [6.45, 7) is 6.12. The monoisotopic (exact) mass is 443 g/mol. The smallest absolute Gasteiger partial charge is 0.316 e. The van der Waals surface area contributed by atoms with Gasteiger partial charge in [0.2, 0.25) is 0 Å². The quantitative estimate of drug-likeness (QED) is 0.476. The Morgan fingerprint density at radius 3 is 2.56 bits per heavy atom. The SMILES string of the molecule is CC/C(C)=C/c1[nH]nc(-c2cnn(C)c2)c1/C=C(\C)c1ccc(CNC)cc1C(F)(F)F. The number of H-pyrrole nitrogens is 1. The van der Waals surface area contributed by atoms with E-state index in [1.807, 2.05) is 26.1 Å². The molecule has 32 heavy (non-hydrogen) atoms. The van der Waals surface area contributed by atoms with E-state index in [0.29, 0.717) is 23.4 Å². The summed E-state index contributed by atoms with van der Waals surface area (Å²) in [6.07, 6.45) is 3.66. The Balaban J connectivity index is 2.18. The lowest BCUT2D eigenvalue weighted by atomic mass is 9.95. The molecule has 3 rings (SSSR count). The number of hydrogen-bond donors (Lipinski definition) is 2. The molecule has 3 aromatic rings. The van der Waals surface area contributed by atoms with Gasteiger partial charge in [0.15, 0.2) is 0 Å². The Morgan fingerprint density at radius 2 is 1.97 bits per heavy atom. The number of rotatable bonds is 7. The molecule has 0 aliphatic rings. The lowest BCUT2D eigenvalue weighted by Crippen LogP contribution is -2.11. The second-order valence-corrected chi connectivity index (χ2v) is 7.88. The number of allylic oxidation sites excluding steroid dienone is 2. The molecule has 8 heteroatoms. The fourth-order valence-corrected chi connectivity index (χ4v) is 3.51. The first kappa shape index (κ1) is 23.5. The van der Waals surface area contributed by atoms with Crippen molar-refractivity contribution in [3.8, 4) is 11.3 Å². The van der Waals surface area contributed by atoms with Gasteiger partial charge in [-0.05, 0) is 62.2 Å². The number of hydrogen-bond acceptors (Lipinski definition) is 3. The third-order valence-corrected chi connectivity index (χ3v) is 5.32. The van der Waals surface area contributed by atoms with Crippen LogP contribution in [0.4, 0.5) is 13.2 Å². The molecule has 0 fully saturated rings. The van der Waals surface area contributed by atoms with Gasteiger partial charge in [0.25, 0.3) is 0 Å². The fraction of sp³-hybridized carbons (Fsp3) is 0.333. The van der Waals surface area contributed by atoms with Crippen molar-refractivity contribution in [2.24, 2.45) is 7.05 Å². The maximum atomic E-state index is 13.9. The normalized spacial score (nSPS) is 13.1. The number of nitrogens with one attached hydrogen (secondary N) is 2. The van der Waals surface area contributed by atoms with E-state index in [4.69, 9.17) is 0 Å². The maximum absolute atomic E-state index is 13.9. The minimum absolute atomic E-state index is 0.151. The fourth-order valence-electron chi connectivity index (χ4n) is 3.51. The molecule has 5 nitrogen and oxygen atoms in total. The molecule has 0 amide bonds. The van der Waals surface area contributed by atoms with Gasteiger partial charge < -0.3 is 5.32 Å². The van der Waals surface area contributed by atoms with Gasteiger partial charge in [0.05, 0.1) is 17.5 Å². The predicted molar refractivity (Wildman–Crippen MR) is 122 cm³/mol. The van der Waals surface area contributed by atoms with E-state index in [1.165, 1.54) is 12.1 Å². The standard InChI is InChI=1S/C24H28F3N5/c1-6-15(2)9-22-20(23(31-30-22)18-13-29-32(5)14-18)10-16(3)19-8-7-17(12-28-4)11-21(19)24(25,26)27/h7-11,13-14,28H,6,12H2,1-5H3,(H,30,31)/b15-9+,16-10+. The zero-order valence-electron chi connectivity index (χ0n) is 18.9. The zero-order chi connectivity index (χ0) is 23.5. The topological polar surface area (TPSA) is 58.5 Å². The average Bonchev–Trinajstić information content (AvgIpc) is 3.33. The van der Waals surface area contributed by atoms with Gasteiger partial charge in [-0.1, -0.05) is 24.6 Å². The second-order valence-electron chi connectivity index (χ2n) is 7.88. The molecule has 0 aliphatic heterocycles. The number of aromatic nitrogens is 4. The Bertz CT molecular complexity index is 1150. The Kier molecular flexibility index (Phi) is 7.03. The average molecular weight is 444 g/mol. The molecule has 2 heterocycles. The van der Waals surface area contributed by atoms with E-state index in [-0.39, 0.29) is 5.56 Å². The number of aromatic amines is 1. The number of aryl methyl sites for hydroxylation is 1. The summed E-state index contributed by atoms with van der Waals surface area (Å²) >= 11 is 0. The summed E-state index contributed by atoms with van der Waals surface area (Å²) in [6, 6.07) is 4.47. The minimum Gasteiger partial charge on any atom is -0.316 e. The number of nitrogens with zero attached hydrogens (tertiary/aromatic N) is 3. The van der Waals surface area contributed by atoms with E-state index in [0.717, 1.165) is 28.8 Å². The van der Waals surface area contributed by atoms with E-state index in [1.54, 1.807) is 44.0 Å². The molecule has 0 saturated carbocycles. The zero-order valence-corrected chi connectivity index (χ0v) is 18.9. The Labute approximate surface area is 186 Å². The van der Waals surface area contributed by atoms with Crippen molar-refractivity contribution in [3.05, 3.63) is 64.1 Å². The summed E-state index contributed by atoms with van der Waals surface area (Å²) in [7, 11) is 3.51. The Morgan fingerprint density at radius 1 is 1.22 bits per heavy atom. The molecule has 0 saturated heterocycles. The van der Waals surface area contributed by atoms with Gasteiger partial charge in [-0.2, -0.15) is 23.4 Å². The molecule has 0 unspecified atom stereocenters. The highest BCUT2D eigenvalue weighted by atomic mass is 19.4. The third kappa shape index (κ3) is 5.19. The number of alkyl halides is 3. The van der Waals surface area contributed by atoms with E-state index in [9.17, 15) is 13.2 Å². The van der Waals surface area contributed by atoms with Crippen molar-refractivity contribution in [1.29, 1.82) is 0 Å². The van der Waals surface area contributed by atoms with Crippen molar-refractivity contribution in [2.45, 2.75) is 39.9 Å². The predicted octanol–water partition coefficient (Wildman–Crippen LogP) is 5.92. The molecule has 0 aliphatic carbocycles. The summed E-state index contributed by atoms with van der Waals surface area (Å²) in [5.41, 5.74) is 4.64. The van der Waals surface area contributed by atoms with Crippen LogP contribution in [0, 0.1) is 0 Å². The van der Waals surface area contributed by atoms with E-state index >= 15 is 0 Å². The van der Waals surface area contributed by atoms with Crippen molar-refractivity contribution >= 4 is 17.7 Å². The van der Waals surface area contributed by atoms with Crippen LogP contribution in [0.25, 0.3) is 29.0 Å². The van der Waals surface area contributed by atoms with Crippen LogP contribution < -0.4 is 5.32 Å². The molecule has 170 valence electrons. The maximum Gasteiger partial charge on any atom is 0.417 e. The van der Waals surface area contributed by atoms with Crippen LogP contribution in [-0.4, -0.2) is 27.0 Å². The summed E-state index contributed by atoms with van der Waals surface area (Å²) in [5.74, 6) is 0. The lowest BCUT2D eigenvalue weighted by molar-refractivity contribution is -0.137. The molecule has 2 aromatic heterocycles. The van der Waals surface area contributed by atoms with Gasteiger partial charge in [-0.25, -0.2) is 0 Å². The van der Waals surface area contributed by atoms with Crippen LogP contribution in [0.2, 0.25) is 0 Å². The molecule has 0 atom stereocenters. The van der Waals surface area contributed by atoms with Gasteiger partial charge in [0, 0.05) is 30.9 Å². The highest BCUT2D eigenvalue weighted by Crippen LogP contribution is 2.37. The summed E-state index contributed by atoms with van der Waals surface area (Å²) < 4.78 is 43.3. The van der Waals surface area contributed by atoms with Crippen LogP contribution in [0.5, 0.6) is 0 Å². The highest BCUT2D eigenvalue weighted by Gasteiger charge is 2.34. The molecule has 0 radical (unpaired) electrons. The molecule has 0 bridgehead atoms. The Hall–Kier alpha value is -3.13. The first-order valence-corrected chi connectivity index (χ1v) is 10.4. The van der Waals surface area contributed by atoms with Crippen molar-refractivity contribution in [2.75, 3.05) is 7.05 Å². The van der Waals surface area contributed by atoms with Crippen LogP contribution in [0.15, 0.2) is 36.2 Å². The molecule has 2 N–H and O–H groups in total. The van der Waals surface area contributed by atoms with Gasteiger partial charge in [0.1, 0.15) is 5.69 Å². The van der Waals surface area contributed by atoms with E-state index < -0.39 is 11.7 Å². The van der Waals surface area contributed by atoms with Gasteiger partial charge in [-0.15, -0.1) is 0 Å².